The zero-order chi connectivity index (χ0) is 14.2. The standard InChI is InChI=1S/C12H28N2O3S/c1-5-7-14(8-6-2)18(16,17)13-12(10-15)9-11(3)4/h11-13,15H,5-10H2,1-4H3. The van der Waals surface area contributed by atoms with Crippen molar-refractivity contribution in [3.05, 3.63) is 0 Å². The molecule has 0 heterocycles. The summed E-state index contributed by atoms with van der Waals surface area (Å²) >= 11 is 0. The van der Waals surface area contributed by atoms with Crippen LogP contribution in [0.25, 0.3) is 0 Å². The number of nitrogens with one attached hydrogen (secondary N) is 1. The average Bonchev–Trinajstić information content (AvgIpc) is 2.27. The van der Waals surface area contributed by atoms with E-state index in [1.165, 1.54) is 4.31 Å². The van der Waals surface area contributed by atoms with Crippen LogP contribution >= 0.6 is 0 Å². The summed E-state index contributed by atoms with van der Waals surface area (Å²) in [4.78, 5) is 0. The molecule has 0 spiro atoms. The molecule has 0 amide bonds. The Morgan fingerprint density at radius 1 is 1.17 bits per heavy atom. The maximum Gasteiger partial charge on any atom is 0.279 e. The second-order valence-corrected chi connectivity index (χ2v) is 6.73. The Hall–Kier alpha value is -0.170. The van der Waals surface area contributed by atoms with E-state index in [0.717, 1.165) is 12.8 Å². The fraction of sp³-hybridized carbons (Fsp3) is 1.00. The molecule has 0 saturated heterocycles. The summed E-state index contributed by atoms with van der Waals surface area (Å²) in [6, 6.07) is -0.397. The fourth-order valence-electron chi connectivity index (χ4n) is 1.87. The quantitative estimate of drug-likeness (QED) is 0.634. The Morgan fingerprint density at radius 2 is 1.67 bits per heavy atom. The number of hydrogen-bond donors (Lipinski definition) is 2. The summed E-state index contributed by atoms with van der Waals surface area (Å²) in [5.74, 6) is 0.343. The highest BCUT2D eigenvalue weighted by atomic mass is 32.2. The molecule has 0 aromatic heterocycles. The van der Waals surface area contributed by atoms with Crippen LogP contribution in [0.15, 0.2) is 0 Å². The highest BCUT2D eigenvalue weighted by Gasteiger charge is 2.24. The molecule has 0 radical (unpaired) electrons. The van der Waals surface area contributed by atoms with E-state index in [4.69, 9.17) is 0 Å². The van der Waals surface area contributed by atoms with Crippen LogP contribution in [0.1, 0.15) is 47.0 Å². The van der Waals surface area contributed by atoms with E-state index in [2.05, 4.69) is 4.72 Å². The number of aliphatic hydroxyl groups excluding tert-OH is 1. The number of rotatable bonds is 10. The van der Waals surface area contributed by atoms with Crippen LogP contribution in [0, 0.1) is 5.92 Å². The summed E-state index contributed by atoms with van der Waals surface area (Å²) in [5.41, 5.74) is 0. The topological polar surface area (TPSA) is 69.6 Å². The molecule has 0 aliphatic heterocycles. The van der Waals surface area contributed by atoms with Crippen LogP contribution < -0.4 is 4.72 Å². The SMILES string of the molecule is CCCN(CCC)S(=O)(=O)NC(CO)CC(C)C. The molecule has 110 valence electrons. The first kappa shape index (κ1) is 17.8. The molecule has 0 aromatic rings. The monoisotopic (exact) mass is 280 g/mol. The Kier molecular flexibility index (Phi) is 8.77. The highest BCUT2D eigenvalue weighted by molar-refractivity contribution is 7.87. The van der Waals surface area contributed by atoms with Crippen molar-refractivity contribution in [1.29, 1.82) is 0 Å². The van der Waals surface area contributed by atoms with Crippen molar-refractivity contribution in [2.24, 2.45) is 5.92 Å². The molecule has 0 bridgehead atoms. The van der Waals surface area contributed by atoms with Crippen LogP contribution in [-0.4, -0.2) is 43.6 Å². The molecular formula is C12H28N2O3S. The van der Waals surface area contributed by atoms with Gasteiger partial charge in [0.15, 0.2) is 0 Å². The lowest BCUT2D eigenvalue weighted by Crippen LogP contribution is -2.47. The van der Waals surface area contributed by atoms with Gasteiger partial charge in [0, 0.05) is 19.1 Å². The average molecular weight is 280 g/mol. The summed E-state index contributed by atoms with van der Waals surface area (Å²) < 4.78 is 28.4. The van der Waals surface area contributed by atoms with Gasteiger partial charge in [0.1, 0.15) is 0 Å². The Balaban J connectivity index is 4.66. The molecule has 5 nitrogen and oxygen atoms in total. The van der Waals surface area contributed by atoms with Gasteiger partial charge in [0.2, 0.25) is 0 Å². The van der Waals surface area contributed by atoms with Crippen LogP contribution in [0.3, 0.4) is 0 Å². The second kappa shape index (κ2) is 8.85. The van der Waals surface area contributed by atoms with Gasteiger partial charge in [-0.3, -0.25) is 0 Å². The van der Waals surface area contributed by atoms with E-state index in [1.807, 2.05) is 27.7 Å². The van der Waals surface area contributed by atoms with Crippen molar-refractivity contribution >= 4 is 10.2 Å². The predicted molar refractivity (Wildman–Crippen MR) is 74.5 cm³/mol. The van der Waals surface area contributed by atoms with Crippen LogP contribution in [0.4, 0.5) is 0 Å². The minimum atomic E-state index is -3.48. The molecule has 1 unspecified atom stereocenters. The van der Waals surface area contributed by atoms with Crippen molar-refractivity contribution in [1.82, 2.24) is 9.03 Å². The summed E-state index contributed by atoms with van der Waals surface area (Å²) in [7, 11) is -3.48. The molecule has 0 aromatic carbocycles. The third-order valence-electron chi connectivity index (χ3n) is 2.58. The maximum absolute atomic E-state index is 12.2. The summed E-state index contributed by atoms with van der Waals surface area (Å²) in [6.07, 6.45) is 2.21. The van der Waals surface area contributed by atoms with Gasteiger partial charge in [0.25, 0.3) is 10.2 Å². The van der Waals surface area contributed by atoms with Gasteiger partial charge >= 0.3 is 0 Å². The fourth-order valence-corrected chi connectivity index (χ4v) is 3.45. The van der Waals surface area contributed by atoms with Gasteiger partial charge in [-0.2, -0.15) is 17.4 Å². The molecule has 6 heteroatoms. The van der Waals surface area contributed by atoms with E-state index >= 15 is 0 Å². The molecular weight excluding hydrogens is 252 g/mol. The highest BCUT2D eigenvalue weighted by Crippen LogP contribution is 2.08. The molecule has 0 rings (SSSR count). The summed E-state index contributed by atoms with van der Waals surface area (Å²) in [6.45, 7) is 8.79. The molecule has 0 fully saturated rings. The van der Waals surface area contributed by atoms with Gasteiger partial charge in [0.05, 0.1) is 6.61 Å². The van der Waals surface area contributed by atoms with Gasteiger partial charge in [-0.15, -0.1) is 0 Å². The van der Waals surface area contributed by atoms with Crippen LogP contribution in [-0.2, 0) is 10.2 Å². The van der Waals surface area contributed by atoms with E-state index in [1.54, 1.807) is 0 Å². The van der Waals surface area contributed by atoms with Crippen molar-refractivity contribution < 1.29 is 13.5 Å². The minimum absolute atomic E-state index is 0.163. The van der Waals surface area contributed by atoms with Crippen LogP contribution in [0.5, 0.6) is 0 Å². The van der Waals surface area contributed by atoms with Crippen molar-refractivity contribution in [2.75, 3.05) is 19.7 Å². The van der Waals surface area contributed by atoms with Gasteiger partial charge in [-0.25, -0.2) is 0 Å². The first-order valence-electron chi connectivity index (χ1n) is 6.75. The number of aliphatic hydroxyl groups is 1. The lowest BCUT2D eigenvalue weighted by atomic mass is 10.1. The first-order valence-corrected chi connectivity index (χ1v) is 8.19. The van der Waals surface area contributed by atoms with Gasteiger partial charge < -0.3 is 5.11 Å². The third-order valence-corrected chi connectivity index (χ3v) is 4.25. The molecule has 0 aliphatic carbocycles. The first-order chi connectivity index (χ1) is 8.37. The minimum Gasteiger partial charge on any atom is -0.395 e. The lowest BCUT2D eigenvalue weighted by Gasteiger charge is -2.25. The van der Waals surface area contributed by atoms with E-state index in [0.29, 0.717) is 25.4 Å². The van der Waals surface area contributed by atoms with Gasteiger partial charge in [-0.05, 0) is 25.2 Å². The normalized spacial score (nSPS) is 14.4. The molecule has 2 N–H and O–H groups in total. The van der Waals surface area contributed by atoms with Crippen molar-refractivity contribution in [3.63, 3.8) is 0 Å². The Bertz CT molecular complexity index is 298. The largest absolute Gasteiger partial charge is 0.395 e. The van der Waals surface area contributed by atoms with Gasteiger partial charge in [-0.1, -0.05) is 27.7 Å². The lowest BCUT2D eigenvalue weighted by molar-refractivity contribution is 0.237. The van der Waals surface area contributed by atoms with E-state index < -0.39 is 16.3 Å². The number of hydrogen-bond acceptors (Lipinski definition) is 3. The Morgan fingerprint density at radius 3 is 2.00 bits per heavy atom. The zero-order valence-corrected chi connectivity index (χ0v) is 12.8. The van der Waals surface area contributed by atoms with E-state index in [9.17, 15) is 13.5 Å². The van der Waals surface area contributed by atoms with Crippen molar-refractivity contribution in [2.45, 2.75) is 53.0 Å². The van der Waals surface area contributed by atoms with Crippen LogP contribution in [0.2, 0.25) is 0 Å². The number of nitrogens with zero attached hydrogens (tertiary/aromatic N) is 1. The predicted octanol–water partition coefficient (Wildman–Crippen LogP) is 1.35. The second-order valence-electron chi connectivity index (χ2n) is 5.03. The maximum atomic E-state index is 12.2. The van der Waals surface area contributed by atoms with E-state index in [-0.39, 0.29) is 6.61 Å². The Labute approximate surface area is 112 Å². The molecule has 18 heavy (non-hydrogen) atoms. The summed E-state index contributed by atoms with van der Waals surface area (Å²) in [5, 5.41) is 9.23. The smallest absolute Gasteiger partial charge is 0.279 e. The molecule has 0 saturated carbocycles. The zero-order valence-electron chi connectivity index (χ0n) is 12.0. The van der Waals surface area contributed by atoms with Crippen molar-refractivity contribution in [3.8, 4) is 0 Å². The molecule has 1 atom stereocenters. The molecule has 0 aliphatic rings. The third kappa shape index (κ3) is 6.68.